The van der Waals surface area contributed by atoms with Gasteiger partial charge in [0.05, 0.1) is 34.0 Å². The molecule has 150 valence electrons. The smallest absolute Gasteiger partial charge is 0.261 e. The molecule has 2 aromatic heterocycles. The van der Waals surface area contributed by atoms with Crippen LogP contribution in [0, 0.1) is 5.82 Å². The summed E-state index contributed by atoms with van der Waals surface area (Å²) in [6.45, 7) is 0.628. The molecule has 0 unspecified atom stereocenters. The van der Waals surface area contributed by atoms with Gasteiger partial charge in [-0.05, 0) is 42.5 Å². The van der Waals surface area contributed by atoms with Gasteiger partial charge in [-0.1, -0.05) is 23.7 Å². The SMILES string of the molecule is O=C1COc2ccc(-c3ccc(F)c(Cl)c3)nc2CN1Cc1nc2ccccc2s1. The number of aromatic nitrogens is 2. The van der Waals surface area contributed by atoms with E-state index in [1.807, 2.05) is 24.3 Å². The summed E-state index contributed by atoms with van der Waals surface area (Å²) < 4.78 is 20.2. The van der Waals surface area contributed by atoms with Crippen molar-refractivity contribution in [3.8, 4) is 17.0 Å². The van der Waals surface area contributed by atoms with Crippen molar-refractivity contribution in [2.45, 2.75) is 13.1 Å². The minimum absolute atomic E-state index is 0.0353. The number of fused-ring (bicyclic) bond motifs is 2. The molecule has 5 rings (SSSR count). The van der Waals surface area contributed by atoms with E-state index in [1.165, 1.54) is 12.1 Å². The maximum absolute atomic E-state index is 13.5. The van der Waals surface area contributed by atoms with Crippen molar-refractivity contribution in [3.05, 3.63) is 76.1 Å². The van der Waals surface area contributed by atoms with Crippen molar-refractivity contribution in [3.63, 3.8) is 0 Å². The monoisotopic (exact) mass is 439 g/mol. The minimum Gasteiger partial charge on any atom is -0.482 e. The first kappa shape index (κ1) is 19.0. The van der Waals surface area contributed by atoms with Crippen LogP contribution in [-0.4, -0.2) is 27.4 Å². The maximum Gasteiger partial charge on any atom is 0.261 e. The number of para-hydroxylation sites is 1. The van der Waals surface area contributed by atoms with Gasteiger partial charge in [0.25, 0.3) is 5.91 Å². The molecule has 3 heterocycles. The molecule has 1 aliphatic heterocycles. The van der Waals surface area contributed by atoms with Gasteiger partial charge < -0.3 is 9.64 Å². The molecule has 1 amide bonds. The molecule has 8 heteroatoms. The third kappa shape index (κ3) is 3.62. The summed E-state index contributed by atoms with van der Waals surface area (Å²) in [6.07, 6.45) is 0. The van der Waals surface area contributed by atoms with Crippen LogP contribution in [0.5, 0.6) is 5.75 Å². The number of ether oxygens (including phenoxy) is 1. The molecule has 4 aromatic rings. The van der Waals surface area contributed by atoms with E-state index >= 15 is 0 Å². The molecule has 0 fully saturated rings. The molecule has 1 aliphatic rings. The van der Waals surface area contributed by atoms with Gasteiger partial charge in [-0.3, -0.25) is 4.79 Å². The number of pyridine rings is 1. The van der Waals surface area contributed by atoms with E-state index in [2.05, 4.69) is 9.97 Å². The van der Waals surface area contributed by atoms with Gasteiger partial charge in [-0.25, -0.2) is 14.4 Å². The van der Waals surface area contributed by atoms with E-state index < -0.39 is 5.82 Å². The number of carbonyl (C=O) groups excluding carboxylic acids is 1. The zero-order valence-electron chi connectivity index (χ0n) is 15.6. The van der Waals surface area contributed by atoms with E-state index in [4.69, 9.17) is 16.3 Å². The second kappa shape index (κ2) is 7.66. The van der Waals surface area contributed by atoms with E-state index in [0.717, 1.165) is 15.2 Å². The molecular formula is C22H15ClFN3O2S. The summed E-state index contributed by atoms with van der Waals surface area (Å²) >= 11 is 7.48. The average molecular weight is 440 g/mol. The Labute approximate surface area is 180 Å². The van der Waals surface area contributed by atoms with Gasteiger partial charge in [0.15, 0.2) is 6.61 Å². The quantitative estimate of drug-likeness (QED) is 0.447. The Morgan fingerprint density at radius 2 is 2.00 bits per heavy atom. The lowest BCUT2D eigenvalue weighted by molar-refractivity contribution is -0.133. The van der Waals surface area contributed by atoms with Crippen LogP contribution in [0.25, 0.3) is 21.5 Å². The van der Waals surface area contributed by atoms with Crippen molar-refractivity contribution < 1.29 is 13.9 Å². The topological polar surface area (TPSA) is 55.3 Å². The van der Waals surface area contributed by atoms with Crippen molar-refractivity contribution >= 4 is 39.1 Å². The summed E-state index contributed by atoms with van der Waals surface area (Å²) in [6, 6.07) is 15.9. The number of hydrogen-bond acceptors (Lipinski definition) is 5. The molecule has 30 heavy (non-hydrogen) atoms. The van der Waals surface area contributed by atoms with Gasteiger partial charge in [-0.2, -0.15) is 0 Å². The zero-order valence-corrected chi connectivity index (χ0v) is 17.2. The fraction of sp³-hybridized carbons (Fsp3) is 0.136. The summed E-state index contributed by atoms with van der Waals surface area (Å²) in [7, 11) is 0. The molecule has 0 bridgehead atoms. The van der Waals surface area contributed by atoms with Gasteiger partial charge in [0, 0.05) is 5.56 Å². The third-order valence-corrected chi connectivity index (χ3v) is 6.17. The molecule has 0 N–H and O–H groups in total. The lowest BCUT2D eigenvalue weighted by Crippen LogP contribution is -2.32. The lowest BCUT2D eigenvalue weighted by atomic mass is 10.1. The Kier molecular flexibility index (Phi) is 4.84. The molecule has 0 spiro atoms. The van der Waals surface area contributed by atoms with Crippen LogP contribution in [-0.2, 0) is 17.9 Å². The molecule has 0 aliphatic carbocycles. The largest absolute Gasteiger partial charge is 0.482 e. The Morgan fingerprint density at radius 1 is 1.13 bits per heavy atom. The fourth-order valence-corrected chi connectivity index (χ4v) is 4.51. The molecule has 5 nitrogen and oxygen atoms in total. The highest BCUT2D eigenvalue weighted by Gasteiger charge is 2.24. The second-order valence-corrected chi connectivity index (χ2v) is 8.41. The van der Waals surface area contributed by atoms with Crippen LogP contribution in [0.2, 0.25) is 5.02 Å². The molecular weight excluding hydrogens is 425 g/mol. The predicted octanol–water partition coefficient (Wildman–Crippen LogP) is 5.07. The highest BCUT2D eigenvalue weighted by Crippen LogP contribution is 2.30. The van der Waals surface area contributed by atoms with E-state index in [1.54, 1.807) is 34.4 Å². The minimum atomic E-state index is -0.480. The zero-order chi connectivity index (χ0) is 20.7. The van der Waals surface area contributed by atoms with Crippen LogP contribution < -0.4 is 4.74 Å². The molecule has 2 aromatic carbocycles. The first-order valence-corrected chi connectivity index (χ1v) is 10.5. The number of nitrogens with zero attached hydrogens (tertiary/aromatic N) is 3. The highest BCUT2D eigenvalue weighted by molar-refractivity contribution is 7.18. The Balaban J connectivity index is 1.45. The molecule has 0 saturated heterocycles. The predicted molar refractivity (Wildman–Crippen MR) is 114 cm³/mol. The summed E-state index contributed by atoms with van der Waals surface area (Å²) in [5.41, 5.74) is 2.89. The molecule has 0 atom stereocenters. The van der Waals surface area contributed by atoms with Crippen molar-refractivity contribution in [1.82, 2.24) is 14.9 Å². The lowest BCUT2D eigenvalue weighted by Gasteiger charge is -2.18. The maximum atomic E-state index is 13.5. The summed E-state index contributed by atoms with van der Waals surface area (Å²) in [4.78, 5) is 23.6. The Hall–Kier alpha value is -3.03. The van der Waals surface area contributed by atoms with E-state index in [0.29, 0.717) is 35.8 Å². The molecule has 0 saturated carbocycles. The van der Waals surface area contributed by atoms with E-state index in [-0.39, 0.29) is 17.5 Å². The number of amides is 1. The van der Waals surface area contributed by atoms with Crippen LogP contribution in [0.15, 0.2) is 54.6 Å². The normalized spacial score (nSPS) is 13.8. The Bertz CT molecular complexity index is 1240. The highest BCUT2D eigenvalue weighted by atomic mass is 35.5. The first-order chi connectivity index (χ1) is 14.6. The summed E-state index contributed by atoms with van der Waals surface area (Å²) in [5, 5.41) is 0.891. The van der Waals surface area contributed by atoms with Gasteiger partial charge in [0.2, 0.25) is 0 Å². The number of halogens is 2. The van der Waals surface area contributed by atoms with Gasteiger partial charge in [0.1, 0.15) is 22.3 Å². The number of hydrogen-bond donors (Lipinski definition) is 0. The van der Waals surface area contributed by atoms with Crippen LogP contribution in [0.1, 0.15) is 10.7 Å². The fourth-order valence-electron chi connectivity index (χ4n) is 3.34. The van der Waals surface area contributed by atoms with Crippen molar-refractivity contribution in [2.24, 2.45) is 0 Å². The van der Waals surface area contributed by atoms with Crippen molar-refractivity contribution in [1.29, 1.82) is 0 Å². The number of rotatable bonds is 3. The first-order valence-electron chi connectivity index (χ1n) is 9.27. The Morgan fingerprint density at radius 3 is 2.83 bits per heavy atom. The number of carbonyl (C=O) groups is 1. The van der Waals surface area contributed by atoms with E-state index in [9.17, 15) is 9.18 Å². The van der Waals surface area contributed by atoms with Crippen LogP contribution >= 0.6 is 22.9 Å². The van der Waals surface area contributed by atoms with Crippen molar-refractivity contribution in [2.75, 3.05) is 6.61 Å². The average Bonchev–Trinajstić information content (AvgIpc) is 3.09. The summed E-state index contributed by atoms with van der Waals surface area (Å²) in [5.74, 6) is -0.0446. The number of benzene rings is 2. The standard InChI is InChI=1S/C22H15ClFN3O2S/c23-14-9-13(5-6-15(14)24)16-7-8-19-18(25-16)10-27(22(28)12-29-19)11-21-26-17-3-1-2-4-20(17)30-21/h1-9H,10-12H2. The molecule has 0 radical (unpaired) electrons. The van der Waals surface area contributed by atoms with Gasteiger partial charge in [-0.15, -0.1) is 11.3 Å². The number of thiazole rings is 1. The van der Waals surface area contributed by atoms with Crippen LogP contribution in [0.4, 0.5) is 4.39 Å². The second-order valence-electron chi connectivity index (χ2n) is 6.88. The van der Waals surface area contributed by atoms with Gasteiger partial charge >= 0.3 is 0 Å². The van der Waals surface area contributed by atoms with Crippen LogP contribution in [0.3, 0.4) is 0 Å². The third-order valence-electron chi connectivity index (χ3n) is 4.86.